The fourth-order valence-electron chi connectivity index (χ4n) is 0.521. The number of carbonyl (C=O) groups is 3. The highest BCUT2D eigenvalue weighted by atomic mass is 16.4. The Labute approximate surface area is 73.0 Å². The summed E-state index contributed by atoms with van der Waals surface area (Å²) in [4.78, 5) is 30.7. The van der Waals surface area contributed by atoms with Gasteiger partial charge in [0.2, 0.25) is 0 Å². The molecule has 0 aliphatic rings. The van der Waals surface area contributed by atoms with E-state index in [1.807, 2.05) is 0 Å². The molecule has 0 spiro atoms. The number of aliphatic carboxylic acids is 2. The molecule has 0 bridgehead atoms. The highest BCUT2D eigenvalue weighted by Gasteiger charge is 2.18. The summed E-state index contributed by atoms with van der Waals surface area (Å²) in [5.41, 5.74) is 0. The molecule has 0 saturated heterocycles. The summed E-state index contributed by atoms with van der Waals surface area (Å²) in [5.74, 6) is -4.14. The van der Waals surface area contributed by atoms with E-state index < -0.39 is 36.9 Å². The van der Waals surface area contributed by atoms with Gasteiger partial charge in [-0.25, -0.2) is 4.79 Å². The van der Waals surface area contributed by atoms with Crippen molar-refractivity contribution in [1.82, 2.24) is 5.32 Å². The summed E-state index contributed by atoms with van der Waals surface area (Å²) in [5, 5.41) is 27.0. The minimum absolute atomic E-state index is 0.618. The summed E-state index contributed by atoms with van der Waals surface area (Å²) < 4.78 is 0. The second-order valence-electron chi connectivity index (χ2n) is 2.18. The molecule has 0 aromatic carbocycles. The average Bonchev–Trinajstić information content (AvgIpc) is 2.04. The summed E-state index contributed by atoms with van der Waals surface area (Å²) >= 11 is 0. The standard InChI is InChI=1S/C6H9NO6/c8-2-3(5(10)11)7-1-4(9)6(12)13/h3,7-8H,1-2H2,(H,10,11)(H,12,13)/t3-/m0/s1. The Kier molecular flexibility index (Phi) is 4.63. The first-order chi connectivity index (χ1) is 5.99. The van der Waals surface area contributed by atoms with Gasteiger partial charge in [-0.3, -0.25) is 14.9 Å². The first kappa shape index (κ1) is 11.5. The Balaban J connectivity index is 3.92. The first-order valence-corrected chi connectivity index (χ1v) is 3.32. The Bertz CT molecular complexity index is 225. The lowest BCUT2D eigenvalue weighted by atomic mass is 10.3. The molecule has 0 rings (SSSR count). The number of aliphatic hydroxyl groups excluding tert-OH is 1. The predicted octanol–water partition coefficient (Wildman–Crippen LogP) is -2.32. The van der Waals surface area contributed by atoms with Crippen molar-refractivity contribution >= 4 is 17.7 Å². The van der Waals surface area contributed by atoms with Gasteiger partial charge in [0.25, 0.3) is 5.78 Å². The van der Waals surface area contributed by atoms with E-state index in [0.717, 1.165) is 0 Å². The highest BCUT2D eigenvalue weighted by Crippen LogP contribution is 1.81. The molecule has 7 nitrogen and oxygen atoms in total. The van der Waals surface area contributed by atoms with Crippen LogP contribution >= 0.6 is 0 Å². The SMILES string of the molecule is O=C(O)C(=O)CN[C@@H](CO)C(=O)O. The molecule has 0 radical (unpaired) electrons. The van der Waals surface area contributed by atoms with Gasteiger partial charge in [0.1, 0.15) is 6.04 Å². The topological polar surface area (TPSA) is 124 Å². The Morgan fingerprint density at radius 1 is 1.23 bits per heavy atom. The van der Waals surface area contributed by atoms with Crippen LogP contribution < -0.4 is 5.32 Å². The zero-order valence-corrected chi connectivity index (χ0v) is 6.56. The number of hydrogen-bond acceptors (Lipinski definition) is 5. The van der Waals surface area contributed by atoms with Gasteiger partial charge < -0.3 is 15.3 Å². The zero-order valence-electron chi connectivity index (χ0n) is 6.56. The van der Waals surface area contributed by atoms with Crippen LogP contribution in [0.4, 0.5) is 0 Å². The zero-order chi connectivity index (χ0) is 10.4. The van der Waals surface area contributed by atoms with Crippen molar-refractivity contribution in [3.63, 3.8) is 0 Å². The summed E-state index contributed by atoms with van der Waals surface area (Å²) in [6.07, 6.45) is 0. The van der Waals surface area contributed by atoms with Crippen molar-refractivity contribution in [3.05, 3.63) is 0 Å². The van der Waals surface area contributed by atoms with Crippen molar-refractivity contribution in [2.24, 2.45) is 0 Å². The molecule has 0 aliphatic carbocycles. The van der Waals surface area contributed by atoms with E-state index in [0.29, 0.717) is 0 Å². The van der Waals surface area contributed by atoms with Crippen molar-refractivity contribution in [1.29, 1.82) is 0 Å². The van der Waals surface area contributed by atoms with Crippen molar-refractivity contribution in [3.8, 4) is 0 Å². The number of carbonyl (C=O) groups excluding carboxylic acids is 1. The van der Waals surface area contributed by atoms with Crippen LogP contribution in [0.25, 0.3) is 0 Å². The van der Waals surface area contributed by atoms with Crippen LogP contribution in [0.5, 0.6) is 0 Å². The van der Waals surface area contributed by atoms with Gasteiger partial charge in [0.05, 0.1) is 13.2 Å². The normalized spacial score (nSPS) is 12.1. The number of carboxylic acid groups (broad SMARTS) is 2. The van der Waals surface area contributed by atoms with E-state index >= 15 is 0 Å². The number of ketones is 1. The smallest absolute Gasteiger partial charge is 0.373 e. The molecular weight excluding hydrogens is 182 g/mol. The van der Waals surface area contributed by atoms with Gasteiger partial charge in [0.15, 0.2) is 0 Å². The Morgan fingerprint density at radius 2 is 1.77 bits per heavy atom. The van der Waals surface area contributed by atoms with Crippen molar-refractivity contribution in [2.75, 3.05) is 13.2 Å². The Morgan fingerprint density at radius 3 is 2.08 bits per heavy atom. The molecule has 74 valence electrons. The van der Waals surface area contributed by atoms with Crippen LogP contribution in [0.1, 0.15) is 0 Å². The van der Waals surface area contributed by atoms with E-state index in [1.54, 1.807) is 0 Å². The van der Waals surface area contributed by atoms with Crippen LogP contribution in [-0.2, 0) is 14.4 Å². The van der Waals surface area contributed by atoms with E-state index in [9.17, 15) is 14.4 Å². The minimum atomic E-state index is -1.64. The molecule has 1 atom stereocenters. The van der Waals surface area contributed by atoms with Crippen LogP contribution in [0.3, 0.4) is 0 Å². The molecule has 0 fully saturated rings. The lowest BCUT2D eigenvalue weighted by molar-refractivity contribution is -0.149. The first-order valence-electron chi connectivity index (χ1n) is 3.32. The van der Waals surface area contributed by atoms with E-state index in [2.05, 4.69) is 5.32 Å². The third kappa shape index (κ3) is 4.19. The average molecular weight is 191 g/mol. The maximum absolute atomic E-state index is 10.4. The fourth-order valence-corrected chi connectivity index (χ4v) is 0.521. The van der Waals surface area contributed by atoms with Crippen molar-refractivity contribution in [2.45, 2.75) is 6.04 Å². The molecule has 0 aromatic heterocycles. The molecule has 0 saturated carbocycles. The number of hydrogen-bond donors (Lipinski definition) is 4. The monoisotopic (exact) mass is 191 g/mol. The third-order valence-electron chi connectivity index (χ3n) is 1.23. The van der Waals surface area contributed by atoms with Crippen LogP contribution in [0.2, 0.25) is 0 Å². The van der Waals surface area contributed by atoms with Gasteiger partial charge in [-0.15, -0.1) is 0 Å². The largest absolute Gasteiger partial charge is 0.480 e. The van der Waals surface area contributed by atoms with Crippen LogP contribution in [0.15, 0.2) is 0 Å². The van der Waals surface area contributed by atoms with Gasteiger partial charge in [-0.2, -0.15) is 0 Å². The van der Waals surface area contributed by atoms with E-state index in [4.69, 9.17) is 15.3 Å². The summed E-state index contributed by atoms with van der Waals surface area (Å²) in [7, 11) is 0. The lowest BCUT2D eigenvalue weighted by Crippen LogP contribution is -2.43. The third-order valence-corrected chi connectivity index (χ3v) is 1.23. The number of rotatable bonds is 6. The number of aliphatic hydroxyl groups is 1. The molecule has 0 unspecified atom stereocenters. The second kappa shape index (κ2) is 5.22. The maximum Gasteiger partial charge on any atom is 0.373 e. The van der Waals surface area contributed by atoms with Crippen LogP contribution in [0, 0.1) is 0 Å². The second-order valence-corrected chi connectivity index (χ2v) is 2.18. The molecular formula is C6H9NO6. The van der Waals surface area contributed by atoms with Crippen molar-refractivity contribution < 1.29 is 29.7 Å². The van der Waals surface area contributed by atoms with Gasteiger partial charge in [-0.1, -0.05) is 0 Å². The molecule has 7 heteroatoms. The summed E-state index contributed by atoms with van der Waals surface area (Å²) in [6, 6.07) is -1.32. The number of carboxylic acids is 2. The van der Waals surface area contributed by atoms with Gasteiger partial charge >= 0.3 is 11.9 Å². The van der Waals surface area contributed by atoms with E-state index in [-0.39, 0.29) is 0 Å². The van der Waals surface area contributed by atoms with Gasteiger partial charge in [-0.05, 0) is 0 Å². The molecule has 0 aliphatic heterocycles. The molecule has 4 N–H and O–H groups in total. The van der Waals surface area contributed by atoms with Gasteiger partial charge in [0, 0.05) is 0 Å². The lowest BCUT2D eigenvalue weighted by Gasteiger charge is -2.08. The highest BCUT2D eigenvalue weighted by molar-refractivity contribution is 6.33. The molecule has 0 amide bonds. The fraction of sp³-hybridized carbons (Fsp3) is 0.500. The van der Waals surface area contributed by atoms with Crippen LogP contribution in [-0.4, -0.2) is 52.2 Å². The molecule has 0 aromatic rings. The molecule has 13 heavy (non-hydrogen) atoms. The number of Topliss-reactive ketones (excluding diaryl/α,β-unsaturated/α-hetero) is 1. The quantitative estimate of drug-likeness (QED) is 0.347. The molecule has 0 heterocycles. The summed E-state index contributed by atoms with van der Waals surface area (Å²) in [6.45, 7) is -1.32. The number of nitrogens with one attached hydrogen (secondary N) is 1. The predicted molar refractivity (Wildman–Crippen MR) is 39.2 cm³/mol. The minimum Gasteiger partial charge on any atom is -0.480 e. The maximum atomic E-state index is 10.4. The van der Waals surface area contributed by atoms with E-state index in [1.165, 1.54) is 0 Å². The Hall–Kier alpha value is -1.47.